The molecule has 20 nitrogen and oxygen atoms in total. The van der Waals surface area contributed by atoms with E-state index in [4.69, 9.17) is 70.0 Å². The van der Waals surface area contributed by atoms with Crippen molar-refractivity contribution in [2.75, 3.05) is 77.3 Å². The number of aryl methyl sites for hydroxylation is 2. The highest BCUT2D eigenvalue weighted by Gasteiger charge is 2.39. The van der Waals surface area contributed by atoms with Crippen molar-refractivity contribution in [1.82, 2.24) is 19.9 Å². The van der Waals surface area contributed by atoms with Gasteiger partial charge in [-0.15, -0.1) is 23.2 Å². The zero-order valence-corrected chi connectivity index (χ0v) is 39.8. The van der Waals surface area contributed by atoms with Crippen LogP contribution in [-0.2, 0) is 9.59 Å². The number of rotatable bonds is 10. The maximum atomic E-state index is 13.6. The molecule has 0 aliphatic carbocycles. The molecule has 6 heterocycles. The molecule has 0 spiro atoms. The summed E-state index contributed by atoms with van der Waals surface area (Å²) in [7, 11) is 9.16. The van der Waals surface area contributed by atoms with Crippen molar-refractivity contribution >= 4 is 96.5 Å². The second-order valence-electron chi connectivity index (χ2n) is 15.7. The van der Waals surface area contributed by atoms with Crippen LogP contribution in [0.4, 0.5) is 11.4 Å². The van der Waals surface area contributed by atoms with Crippen LogP contribution in [0.2, 0.25) is 0 Å². The molecule has 2 atom stereocenters. The number of oxazole rings is 2. The number of aromatic nitrogens is 4. The molecule has 2 unspecified atom stereocenters. The van der Waals surface area contributed by atoms with Gasteiger partial charge < -0.3 is 67.2 Å². The van der Waals surface area contributed by atoms with Crippen LogP contribution in [0.15, 0.2) is 45.2 Å². The fourth-order valence-corrected chi connectivity index (χ4v) is 9.57. The van der Waals surface area contributed by atoms with Gasteiger partial charge in [0.25, 0.3) is 11.8 Å². The molecule has 0 fully saturated rings. The molecule has 4 aromatic heterocycles. The quantitative estimate of drug-likeness (QED) is 0.0945. The number of aromatic amines is 2. The molecule has 2 aliphatic rings. The minimum atomic E-state index is -0.282. The van der Waals surface area contributed by atoms with Crippen LogP contribution < -0.4 is 38.2 Å². The molecule has 10 rings (SSSR count). The van der Waals surface area contributed by atoms with Crippen LogP contribution in [0.25, 0.3) is 44.0 Å². The van der Waals surface area contributed by atoms with Crippen molar-refractivity contribution in [2.45, 2.75) is 25.7 Å². The van der Waals surface area contributed by atoms with Gasteiger partial charge in [-0.3, -0.25) is 9.59 Å². The van der Waals surface area contributed by atoms with E-state index < -0.39 is 0 Å². The first kappa shape index (κ1) is 47.7. The molecule has 0 saturated carbocycles. The van der Waals surface area contributed by atoms with Gasteiger partial charge in [-0.1, -0.05) is 0 Å². The SMILES string of the molecule is COc1cc2cc(C(=O)N3CC(CCl)c4c3cc(O)c3nc(C)oc43)[nH]c2c(OC)c1OC.COc1cc2cc(C(=O)N3CC(CCl)c4c3cc(O)c3oc(C)nc43)[nH]c2c(OC)c1OC.O=C=O. The summed E-state index contributed by atoms with van der Waals surface area (Å²) in [5.41, 5.74) is 6.21. The zero-order chi connectivity index (χ0) is 49.6. The van der Waals surface area contributed by atoms with Gasteiger partial charge in [0.2, 0.25) is 11.5 Å². The number of fused-ring (bicyclic) bond motifs is 8. The molecule has 360 valence electrons. The number of halogens is 2. The molecule has 0 saturated heterocycles. The largest absolute Gasteiger partial charge is 0.505 e. The minimum absolute atomic E-state index is 0.0542. The lowest BCUT2D eigenvalue weighted by atomic mass is 10.0. The van der Waals surface area contributed by atoms with Crippen molar-refractivity contribution in [2.24, 2.45) is 0 Å². The van der Waals surface area contributed by atoms with E-state index in [1.807, 2.05) is 0 Å². The number of carbonyl (C=O) groups is 2. The van der Waals surface area contributed by atoms with E-state index >= 15 is 0 Å². The first-order valence-corrected chi connectivity index (χ1v) is 22.0. The van der Waals surface area contributed by atoms with Gasteiger partial charge in [0.1, 0.15) is 22.7 Å². The van der Waals surface area contributed by atoms with E-state index in [9.17, 15) is 19.8 Å². The van der Waals surface area contributed by atoms with E-state index in [1.165, 1.54) is 48.7 Å². The number of nitrogens with zero attached hydrogens (tertiary/aromatic N) is 4. The number of alkyl halides is 2. The Morgan fingerprint density at radius 3 is 1.51 bits per heavy atom. The van der Waals surface area contributed by atoms with Crippen LogP contribution in [-0.4, -0.2) is 116 Å². The summed E-state index contributed by atoms with van der Waals surface area (Å²) >= 11 is 12.5. The third kappa shape index (κ3) is 7.95. The topological polar surface area (TPSA) is 254 Å². The summed E-state index contributed by atoms with van der Waals surface area (Å²) in [4.78, 5) is 61.7. The Hall–Kier alpha value is -7.80. The molecule has 4 N–H and O–H groups in total. The number of nitrogens with one attached hydrogen (secondary N) is 2. The van der Waals surface area contributed by atoms with E-state index in [1.54, 1.807) is 54.0 Å². The molecule has 69 heavy (non-hydrogen) atoms. The molecule has 2 aliphatic heterocycles. The van der Waals surface area contributed by atoms with Gasteiger partial charge in [-0.2, -0.15) is 9.59 Å². The highest BCUT2D eigenvalue weighted by atomic mass is 35.5. The summed E-state index contributed by atoms with van der Waals surface area (Å²) in [5.74, 6) is 3.11. The number of methoxy groups -OCH3 is 6. The standard InChI is InChI=1S/2C23H22ClN3O6.CO2/c1-10-25-19-17-12(8-24)9-27(14(17)7-15(28)20(19)33-10)23(29)13-5-11-6-16(30-2)21(31-3)22(32-4)18(11)26-13;1-10-25-19-15(28)7-14-17(21(19)33-10)12(8-24)9-27(14)23(29)13-5-11-6-16(30-2)20(31-3)22(32-4)18(11)26-13;2-1-3/h2*5-7,12,26,28H,8-9H2,1-4H3;. The second kappa shape index (κ2) is 19.1. The van der Waals surface area contributed by atoms with Crippen molar-refractivity contribution in [3.8, 4) is 46.0 Å². The van der Waals surface area contributed by atoms with Crippen molar-refractivity contribution in [3.05, 3.63) is 70.7 Å². The van der Waals surface area contributed by atoms with Crippen LogP contribution in [0.1, 0.15) is 55.7 Å². The molecule has 4 aromatic carbocycles. The van der Waals surface area contributed by atoms with Gasteiger partial charge in [-0.05, 0) is 24.3 Å². The third-order valence-electron chi connectivity index (χ3n) is 11.9. The summed E-state index contributed by atoms with van der Waals surface area (Å²) in [6.45, 7) is 4.11. The average Bonchev–Trinajstić information content (AvgIpc) is 4.22. The number of aromatic hydroxyl groups is 2. The Labute approximate surface area is 401 Å². The Bertz CT molecular complexity index is 3140. The van der Waals surface area contributed by atoms with Crippen LogP contribution in [0.3, 0.4) is 0 Å². The Morgan fingerprint density at radius 2 is 1.06 bits per heavy atom. The number of hydrogen-bond acceptors (Lipinski definition) is 16. The fourth-order valence-electron chi connectivity index (χ4n) is 9.06. The molecule has 2 amide bonds. The predicted octanol–water partition coefficient (Wildman–Crippen LogP) is 8.08. The summed E-state index contributed by atoms with van der Waals surface area (Å²) in [5, 5.41) is 22.5. The van der Waals surface area contributed by atoms with Crippen molar-refractivity contribution < 1.29 is 66.6 Å². The molecule has 0 radical (unpaired) electrons. The van der Waals surface area contributed by atoms with Gasteiger partial charge >= 0.3 is 6.15 Å². The summed E-state index contributed by atoms with van der Waals surface area (Å²) < 4.78 is 44.1. The molecule has 0 bridgehead atoms. The highest BCUT2D eigenvalue weighted by molar-refractivity contribution is 6.20. The summed E-state index contributed by atoms with van der Waals surface area (Å²) in [6.07, 6.45) is 0.250. The Kier molecular flexibility index (Phi) is 13.2. The first-order valence-electron chi connectivity index (χ1n) is 20.9. The van der Waals surface area contributed by atoms with Gasteiger partial charge in [0, 0.05) is 84.6 Å². The maximum Gasteiger partial charge on any atom is 0.373 e. The number of anilines is 2. The average molecular weight is 988 g/mol. The second-order valence-corrected chi connectivity index (χ2v) is 16.3. The van der Waals surface area contributed by atoms with E-state index in [2.05, 4.69) is 19.9 Å². The highest BCUT2D eigenvalue weighted by Crippen LogP contribution is 2.49. The number of phenols is 2. The molecule has 22 heteroatoms. The maximum absolute atomic E-state index is 13.6. The molecular weight excluding hydrogens is 943 g/mol. The molecular formula is C47H44Cl2N6O14. The monoisotopic (exact) mass is 986 g/mol. The van der Waals surface area contributed by atoms with Crippen LogP contribution >= 0.6 is 23.2 Å². The van der Waals surface area contributed by atoms with E-state index in [0.717, 1.165) is 21.9 Å². The van der Waals surface area contributed by atoms with E-state index in [0.29, 0.717) is 115 Å². The lowest BCUT2D eigenvalue weighted by Gasteiger charge is -2.17. The predicted molar refractivity (Wildman–Crippen MR) is 252 cm³/mol. The first-order chi connectivity index (χ1) is 33.2. The normalized spacial score (nSPS) is 14.8. The smallest absolute Gasteiger partial charge is 0.373 e. The van der Waals surface area contributed by atoms with Gasteiger partial charge in [-0.25, -0.2) is 9.97 Å². The minimum Gasteiger partial charge on any atom is -0.505 e. The third-order valence-corrected chi connectivity index (χ3v) is 12.7. The number of H-pyrrole nitrogens is 2. The number of amides is 2. The van der Waals surface area contributed by atoms with Crippen molar-refractivity contribution in [1.29, 1.82) is 0 Å². The van der Waals surface area contributed by atoms with Crippen LogP contribution in [0, 0.1) is 13.8 Å². The summed E-state index contributed by atoms with van der Waals surface area (Å²) in [6, 6.07) is 10.1. The number of carbonyl (C=O) groups excluding carboxylic acids is 4. The zero-order valence-electron chi connectivity index (χ0n) is 38.3. The van der Waals surface area contributed by atoms with Crippen molar-refractivity contribution in [3.63, 3.8) is 0 Å². The Morgan fingerprint density at radius 1 is 0.638 bits per heavy atom. The Balaban J connectivity index is 0.000000176. The van der Waals surface area contributed by atoms with Crippen LogP contribution in [0.5, 0.6) is 46.0 Å². The van der Waals surface area contributed by atoms with Gasteiger partial charge in [0.05, 0.1) is 65.1 Å². The van der Waals surface area contributed by atoms with Gasteiger partial charge in [0.15, 0.2) is 57.2 Å². The number of benzene rings is 4. The number of hydrogen-bond donors (Lipinski definition) is 4. The number of ether oxygens (including phenoxy) is 6. The lowest BCUT2D eigenvalue weighted by molar-refractivity contribution is -0.191. The molecule has 8 aromatic rings. The fraction of sp³-hybridized carbons (Fsp3) is 0.298. The number of phenolic OH excluding ortho intramolecular Hbond substituents is 2. The lowest BCUT2D eigenvalue weighted by Crippen LogP contribution is -2.30. The van der Waals surface area contributed by atoms with E-state index in [-0.39, 0.29) is 53.1 Å².